The Morgan fingerprint density at radius 1 is 0.889 bits per heavy atom. The normalized spacial score (nSPS) is 10.3. The second-order valence-corrected chi connectivity index (χ2v) is 6.56. The Labute approximate surface area is 163 Å². The van der Waals surface area contributed by atoms with E-state index in [1.807, 2.05) is 0 Å². The van der Waals surface area contributed by atoms with E-state index >= 15 is 0 Å². The smallest absolute Gasteiger partial charge is 0.270 e. The van der Waals surface area contributed by atoms with E-state index in [2.05, 4.69) is 21.2 Å². The molecule has 0 unspecified atom stereocenters. The van der Waals surface area contributed by atoms with Crippen molar-refractivity contribution in [1.82, 2.24) is 0 Å². The molecule has 0 saturated carbocycles. The fourth-order valence-corrected chi connectivity index (χ4v) is 2.91. The second-order valence-electron chi connectivity index (χ2n) is 5.65. The highest BCUT2D eigenvalue weighted by molar-refractivity contribution is 9.10. The first-order valence-corrected chi connectivity index (χ1v) is 8.70. The van der Waals surface area contributed by atoms with Gasteiger partial charge in [-0.3, -0.25) is 19.7 Å². The van der Waals surface area contributed by atoms with Crippen molar-refractivity contribution in [2.24, 2.45) is 0 Å². The molecule has 0 radical (unpaired) electrons. The predicted octanol–water partition coefficient (Wildman–Crippen LogP) is 4.84. The fourth-order valence-electron chi connectivity index (χ4n) is 2.51. The number of nitro benzene ring substituents is 1. The molecule has 0 saturated heterocycles. The van der Waals surface area contributed by atoms with Crippen molar-refractivity contribution in [3.63, 3.8) is 0 Å². The fraction of sp³-hybridized carbons (Fsp3) is 0. The third-order valence-corrected chi connectivity index (χ3v) is 4.32. The molecule has 0 fully saturated rings. The Balaban J connectivity index is 2.00. The van der Waals surface area contributed by atoms with Crippen molar-refractivity contribution in [2.45, 2.75) is 0 Å². The molecule has 1 N–H and O–H groups in total. The van der Waals surface area contributed by atoms with Crippen LogP contribution in [0.15, 0.2) is 77.3 Å². The lowest BCUT2D eigenvalue weighted by atomic mass is 10.0. The van der Waals surface area contributed by atoms with E-state index in [1.54, 1.807) is 54.6 Å². The van der Waals surface area contributed by atoms with Gasteiger partial charge >= 0.3 is 0 Å². The molecule has 0 atom stereocenters. The molecule has 27 heavy (non-hydrogen) atoms. The van der Waals surface area contributed by atoms with Crippen LogP contribution in [0.4, 0.5) is 11.4 Å². The summed E-state index contributed by atoms with van der Waals surface area (Å²) in [7, 11) is 0. The van der Waals surface area contributed by atoms with Gasteiger partial charge in [0.15, 0.2) is 5.78 Å². The predicted molar refractivity (Wildman–Crippen MR) is 105 cm³/mol. The number of benzene rings is 3. The number of nitrogens with zero attached hydrogens (tertiary/aromatic N) is 1. The van der Waals surface area contributed by atoms with Gasteiger partial charge in [-0.15, -0.1) is 0 Å². The number of carbonyl (C=O) groups excluding carboxylic acids is 2. The summed E-state index contributed by atoms with van der Waals surface area (Å²) in [6, 6.07) is 18.9. The molecule has 3 aromatic carbocycles. The highest BCUT2D eigenvalue weighted by atomic mass is 79.9. The summed E-state index contributed by atoms with van der Waals surface area (Å²) in [6.45, 7) is 0. The van der Waals surface area contributed by atoms with Gasteiger partial charge in [-0.05, 0) is 24.3 Å². The first-order chi connectivity index (χ1) is 13.0. The average molecular weight is 425 g/mol. The lowest BCUT2D eigenvalue weighted by Gasteiger charge is -2.11. The van der Waals surface area contributed by atoms with E-state index in [-0.39, 0.29) is 16.9 Å². The zero-order chi connectivity index (χ0) is 19.4. The molecular weight excluding hydrogens is 412 g/mol. The van der Waals surface area contributed by atoms with E-state index in [1.165, 1.54) is 18.2 Å². The molecule has 7 heteroatoms. The van der Waals surface area contributed by atoms with E-state index in [4.69, 9.17) is 0 Å². The first-order valence-electron chi connectivity index (χ1n) is 7.91. The summed E-state index contributed by atoms with van der Waals surface area (Å²) >= 11 is 3.30. The summed E-state index contributed by atoms with van der Waals surface area (Å²) in [4.78, 5) is 35.9. The maximum Gasteiger partial charge on any atom is 0.270 e. The Hall–Kier alpha value is -3.32. The average Bonchev–Trinajstić information content (AvgIpc) is 2.68. The Morgan fingerprint density at radius 2 is 1.59 bits per heavy atom. The van der Waals surface area contributed by atoms with Crippen LogP contribution in [-0.2, 0) is 0 Å². The lowest BCUT2D eigenvalue weighted by molar-refractivity contribution is -0.384. The number of anilines is 1. The van der Waals surface area contributed by atoms with Crippen LogP contribution in [0.3, 0.4) is 0 Å². The minimum absolute atomic E-state index is 0.0544. The molecular formula is C20H13BrN2O4. The van der Waals surface area contributed by atoms with Gasteiger partial charge in [0, 0.05) is 27.7 Å². The van der Waals surface area contributed by atoms with Crippen LogP contribution in [0.1, 0.15) is 26.3 Å². The molecule has 1 amide bonds. The number of hydrogen-bond acceptors (Lipinski definition) is 4. The Morgan fingerprint density at radius 3 is 2.26 bits per heavy atom. The summed E-state index contributed by atoms with van der Waals surface area (Å²) in [5, 5.41) is 13.8. The summed E-state index contributed by atoms with van der Waals surface area (Å²) in [5.41, 5.74) is 0.796. The van der Waals surface area contributed by atoms with Crippen LogP contribution < -0.4 is 5.32 Å². The standard InChI is InChI=1S/C20H13BrN2O4/c21-15-8-4-7-14(11-15)20(25)22-18-10-9-16(23(26)27)12-17(18)19(24)13-5-2-1-3-6-13/h1-12H,(H,22,25). The number of ketones is 1. The van der Waals surface area contributed by atoms with Gasteiger partial charge in [-0.1, -0.05) is 52.3 Å². The van der Waals surface area contributed by atoms with Crippen molar-refractivity contribution in [1.29, 1.82) is 0 Å². The van der Waals surface area contributed by atoms with Crippen LogP contribution >= 0.6 is 15.9 Å². The maximum absolute atomic E-state index is 12.8. The quantitative estimate of drug-likeness (QED) is 0.360. The third kappa shape index (κ3) is 4.27. The van der Waals surface area contributed by atoms with Crippen molar-refractivity contribution in [3.05, 3.63) is 104 Å². The SMILES string of the molecule is O=C(Nc1ccc([N+](=O)[O-])cc1C(=O)c1ccccc1)c1cccc(Br)c1. The number of non-ortho nitro benzene ring substituents is 1. The number of halogens is 1. The molecule has 0 aliphatic carbocycles. The summed E-state index contributed by atoms with van der Waals surface area (Å²) in [5.74, 6) is -0.837. The Bertz CT molecular complexity index is 1040. The van der Waals surface area contributed by atoms with Crippen LogP contribution in [0.2, 0.25) is 0 Å². The molecule has 0 aliphatic heterocycles. The third-order valence-electron chi connectivity index (χ3n) is 3.83. The minimum Gasteiger partial charge on any atom is -0.321 e. The van der Waals surface area contributed by atoms with E-state index < -0.39 is 16.6 Å². The number of hydrogen-bond donors (Lipinski definition) is 1. The number of carbonyl (C=O) groups is 2. The van der Waals surface area contributed by atoms with E-state index in [9.17, 15) is 19.7 Å². The largest absolute Gasteiger partial charge is 0.321 e. The lowest BCUT2D eigenvalue weighted by Crippen LogP contribution is -2.15. The van der Waals surface area contributed by atoms with Crippen LogP contribution in [0.5, 0.6) is 0 Å². The van der Waals surface area contributed by atoms with Crippen LogP contribution in [0.25, 0.3) is 0 Å². The van der Waals surface area contributed by atoms with Crippen LogP contribution in [-0.4, -0.2) is 16.6 Å². The Kier molecular flexibility index (Phi) is 5.42. The molecule has 0 spiro atoms. The molecule has 0 bridgehead atoms. The zero-order valence-corrected chi connectivity index (χ0v) is 15.5. The van der Waals surface area contributed by atoms with Gasteiger partial charge in [0.1, 0.15) is 0 Å². The van der Waals surface area contributed by atoms with Gasteiger partial charge < -0.3 is 5.32 Å². The number of rotatable bonds is 5. The van der Waals surface area contributed by atoms with Crippen molar-refractivity contribution >= 4 is 39.0 Å². The van der Waals surface area contributed by atoms with Gasteiger partial charge in [-0.2, -0.15) is 0 Å². The number of nitrogens with one attached hydrogen (secondary N) is 1. The minimum atomic E-state index is -0.582. The first kappa shape index (κ1) is 18.5. The second kappa shape index (κ2) is 7.92. The molecule has 0 aromatic heterocycles. The van der Waals surface area contributed by atoms with Crippen molar-refractivity contribution < 1.29 is 14.5 Å². The highest BCUT2D eigenvalue weighted by Gasteiger charge is 2.20. The molecule has 0 aliphatic rings. The monoisotopic (exact) mass is 424 g/mol. The van der Waals surface area contributed by atoms with Crippen molar-refractivity contribution in [3.8, 4) is 0 Å². The van der Waals surface area contributed by atoms with E-state index in [0.717, 1.165) is 4.47 Å². The van der Waals surface area contributed by atoms with Crippen LogP contribution in [0, 0.1) is 10.1 Å². The number of nitro groups is 1. The molecule has 3 rings (SSSR count). The number of amides is 1. The molecule has 3 aromatic rings. The van der Waals surface area contributed by atoms with Gasteiger partial charge in [0.2, 0.25) is 0 Å². The summed E-state index contributed by atoms with van der Waals surface area (Å²) in [6.07, 6.45) is 0. The van der Waals surface area contributed by atoms with E-state index in [0.29, 0.717) is 11.1 Å². The maximum atomic E-state index is 12.8. The topological polar surface area (TPSA) is 89.3 Å². The molecule has 0 heterocycles. The summed E-state index contributed by atoms with van der Waals surface area (Å²) < 4.78 is 0.736. The molecule has 134 valence electrons. The zero-order valence-electron chi connectivity index (χ0n) is 13.9. The molecule has 6 nitrogen and oxygen atoms in total. The van der Waals surface area contributed by atoms with Gasteiger partial charge in [0.25, 0.3) is 11.6 Å². The van der Waals surface area contributed by atoms with Gasteiger partial charge in [0.05, 0.1) is 16.2 Å². The van der Waals surface area contributed by atoms with Gasteiger partial charge in [-0.25, -0.2) is 0 Å². The van der Waals surface area contributed by atoms with Crippen molar-refractivity contribution in [2.75, 3.05) is 5.32 Å². The highest BCUT2D eigenvalue weighted by Crippen LogP contribution is 2.25.